The fourth-order valence-corrected chi connectivity index (χ4v) is 4.73. The number of hydrogen-bond acceptors (Lipinski definition) is 3. The maximum absolute atomic E-state index is 13.2. The van der Waals surface area contributed by atoms with Gasteiger partial charge in [0.15, 0.2) is 0 Å². The Morgan fingerprint density at radius 3 is 2.56 bits per heavy atom. The van der Waals surface area contributed by atoms with Gasteiger partial charge in [-0.05, 0) is 56.2 Å². The summed E-state index contributed by atoms with van der Waals surface area (Å²) in [6.07, 6.45) is 5.26. The van der Waals surface area contributed by atoms with Crippen molar-refractivity contribution in [2.45, 2.75) is 63.3 Å². The lowest BCUT2D eigenvalue weighted by molar-refractivity contribution is -0.146. The summed E-state index contributed by atoms with van der Waals surface area (Å²) in [6, 6.07) is 7.65. The Morgan fingerprint density at radius 1 is 1.20 bits per heavy atom. The van der Waals surface area contributed by atoms with Crippen LogP contribution in [0.25, 0.3) is 0 Å². The molecule has 0 saturated carbocycles. The van der Waals surface area contributed by atoms with Crippen LogP contribution in [0.3, 0.4) is 0 Å². The SMILES string of the molecule is CC1CN(C(=O)CC2CC3CCC(C2)N3)CC(c2ccc(F)cc2)O1. The number of carbonyl (C=O) groups excluding carboxylic acids is 1. The second kappa shape index (κ2) is 7.04. The smallest absolute Gasteiger partial charge is 0.223 e. The van der Waals surface area contributed by atoms with E-state index < -0.39 is 0 Å². The van der Waals surface area contributed by atoms with Crippen molar-refractivity contribution >= 4 is 5.91 Å². The summed E-state index contributed by atoms with van der Waals surface area (Å²) in [7, 11) is 0. The van der Waals surface area contributed by atoms with E-state index in [1.54, 1.807) is 12.1 Å². The molecule has 3 heterocycles. The molecular formula is C20H27FN2O2. The van der Waals surface area contributed by atoms with Crippen LogP contribution in [0, 0.1) is 11.7 Å². The predicted octanol–water partition coefficient (Wildman–Crippen LogP) is 3.03. The van der Waals surface area contributed by atoms with Crippen LogP contribution in [0.1, 0.15) is 50.7 Å². The average Bonchev–Trinajstić information content (AvgIpc) is 2.93. The van der Waals surface area contributed by atoms with Gasteiger partial charge >= 0.3 is 0 Å². The molecule has 1 N–H and O–H groups in total. The lowest BCUT2D eigenvalue weighted by Crippen LogP contribution is -2.47. The summed E-state index contributed by atoms with van der Waals surface area (Å²) in [4.78, 5) is 14.8. The minimum atomic E-state index is -0.249. The second-order valence-corrected chi connectivity index (χ2v) is 7.97. The van der Waals surface area contributed by atoms with E-state index >= 15 is 0 Å². The van der Waals surface area contributed by atoms with E-state index in [1.165, 1.54) is 25.0 Å². The van der Waals surface area contributed by atoms with Crippen LogP contribution >= 0.6 is 0 Å². The van der Waals surface area contributed by atoms with Crippen molar-refractivity contribution in [1.82, 2.24) is 10.2 Å². The molecule has 0 aromatic heterocycles. The van der Waals surface area contributed by atoms with Gasteiger partial charge in [0.2, 0.25) is 5.91 Å². The number of morpholine rings is 1. The molecule has 5 heteroatoms. The van der Waals surface area contributed by atoms with Crippen molar-refractivity contribution < 1.29 is 13.9 Å². The first-order chi connectivity index (χ1) is 12.1. The average molecular weight is 346 g/mol. The molecule has 4 atom stereocenters. The van der Waals surface area contributed by atoms with E-state index in [1.807, 2.05) is 11.8 Å². The minimum Gasteiger partial charge on any atom is -0.367 e. The van der Waals surface area contributed by atoms with Crippen LogP contribution in [0.5, 0.6) is 0 Å². The van der Waals surface area contributed by atoms with Gasteiger partial charge in [0.1, 0.15) is 11.9 Å². The number of halogens is 1. The third kappa shape index (κ3) is 3.87. The highest BCUT2D eigenvalue weighted by molar-refractivity contribution is 5.76. The summed E-state index contributed by atoms with van der Waals surface area (Å²) < 4.78 is 19.2. The molecule has 3 aliphatic rings. The summed E-state index contributed by atoms with van der Waals surface area (Å²) in [6.45, 7) is 3.21. The molecule has 2 bridgehead atoms. The molecule has 25 heavy (non-hydrogen) atoms. The number of nitrogens with one attached hydrogen (secondary N) is 1. The maximum Gasteiger partial charge on any atom is 0.223 e. The zero-order valence-corrected chi connectivity index (χ0v) is 14.8. The number of piperidine rings is 1. The monoisotopic (exact) mass is 346 g/mol. The van der Waals surface area contributed by atoms with Gasteiger partial charge in [-0.3, -0.25) is 4.79 Å². The topological polar surface area (TPSA) is 41.6 Å². The van der Waals surface area contributed by atoms with Gasteiger partial charge in [0.25, 0.3) is 0 Å². The van der Waals surface area contributed by atoms with Crippen molar-refractivity contribution in [2.24, 2.45) is 5.92 Å². The second-order valence-electron chi connectivity index (χ2n) is 7.97. The Morgan fingerprint density at radius 2 is 1.88 bits per heavy atom. The highest BCUT2D eigenvalue weighted by Gasteiger charge is 2.36. The Kier molecular flexibility index (Phi) is 4.78. The number of hydrogen-bond donors (Lipinski definition) is 1. The molecule has 1 amide bonds. The number of carbonyl (C=O) groups is 1. The molecule has 3 saturated heterocycles. The van der Waals surface area contributed by atoms with Crippen molar-refractivity contribution in [3.8, 4) is 0 Å². The number of fused-ring (bicyclic) bond motifs is 2. The maximum atomic E-state index is 13.2. The third-order valence-corrected chi connectivity index (χ3v) is 5.89. The van der Waals surface area contributed by atoms with Gasteiger partial charge in [-0.2, -0.15) is 0 Å². The van der Waals surface area contributed by atoms with Gasteiger partial charge < -0.3 is 15.0 Å². The van der Waals surface area contributed by atoms with E-state index in [9.17, 15) is 9.18 Å². The van der Waals surface area contributed by atoms with E-state index in [2.05, 4.69) is 5.32 Å². The highest BCUT2D eigenvalue weighted by Crippen LogP contribution is 2.34. The van der Waals surface area contributed by atoms with Crippen molar-refractivity contribution in [3.63, 3.8) is 0 Å². The van der Waals surface area contributed by atoms with Gasteiger partial charge in [0, 0.05) is 25.0 Å². The van der Waals surface area contributed by atoms with Crippen LogP contribution in [0.4, 0.5) is 4.39 Å². The Balaban J connectivity index is 1.39. The Bertz CT molecular complexity index is 609. The molecule has 0 spiro atoms. The molecule has 0 aliphatic carbocycles. The quantitative estimate of drug-likeness (QED) is 0.915. The molecule has 4 unspecified atom stereocenters. The molecule has 3 fully saturated rings. The number of ether oxygens (including phenoxy) is 1. The van der Waals surface area contributed by atoms with Crippen molar-refractivity contribution in [2.75, 3.05) is 13.1 Å². The summed E-state index contributed by atoms with van der Waals surface area (Å²) in [5.74, 6) is 0.503. The lowest BCUT2D eigenvalue weighted by atomic mass is 9.89. The molecule has 3 aliphatic heterocycles. The zero-order chi connectivity index (χ0) is 17.4. The van der Waals surface area contributed by atoms with E-state index in [0.717, 1.165) is 18.4 Å². The first kappa shape index (κ1) is 17.0. The van der Waals surface area contributed by atoms with Crippen LogP contribution in [-0.4, -0.2) is 42.1 Å². The fraction of sp³-hybridized carbons (Fsp3) is 0.650. The standard InChI is InChI=1S/C20H27FN2O2/c1-13-11-23(12-19(25-13)15-2-4-16(21)5-3-15)20(24)10-14-8-17-6-7-18(9-14)22-17/h2-5,13-14,17-19,22H,6-12H2,1H3. The third-order valence-electron chi connectivity index (χ3n) is 5.89. The van der Waals surface area contributed by atoms with E-state index in [-0.39, 0.29) is 23.9 Å². The molecule has 1 aromatic carbocycles. The van der Waals surface area contributed by atoms with Crippen LogP contribution < -0.4 is 5.32 Å². The molecule has 0 radical (unpaired) electrons. The predicted molar refractivity (Wildman–Crippen MR) is 93.6 cm³/mol. The van der Waals surface area contributed by atoms with E-state index in [4.69, 9.17) is 4.74 Å². The summed E-state index contributed by atoms with van der Waals surface area (Å²) in [5, 5.41) is 3.64. The van der Waals surface area contributed by atoms with Crippen molar-refractivity contribution in [3.05, 3.63) is 35.6 Å². The van der Waals surface area contributed by atoms with Crippen LogP contribution in [0.15, 0.2) is 24.3 Å². The van der Waals surface area contributed by atoms with Gasteiger partial charge in [-0.15, -0.1) is 0 Å². The van der Waals surface area contributed by atoms with Gasteiger partial charge in [0.05, 0.1) is 12.6 Å². The molecule has 1 aromatic rings. The first-order valence-electron chi connectivity index (χ1n) is 9.51. The summed E-state index contributed by atoms with van der Waals surface area (Å²) >= 11 is 0. The molecule has 136 valence electrons. The van der Waals surface area contributed by atoms with E-state index in [0.29, 0.717) is 37.5 Å². The Labute approximate surface area is 148 Å². The number of rotatable bonds is 3. The minimum absolute atomic E-state index is 0.00282. The normalized spacial score (nSPS) is 35.0. The number of nitrogens with zero attached hydrogens (tertiary/aromatic N) is 1. The largest absolute Gasteiger partial charge is 0.367 e. The molecule has 4 nitrogen and oxygen atoms in total. The highest BCUT2D eigenvalue weighted by atomic mass is 19.1. The fourth-order valence-electron chi connectivity index (χ4n) is 4.73. The number of amides is 1. The zero-order valence-electron chi connectivity index (χ0n) is 14.8. The van der Waals surface area contributed by atoms with Gasteiger partial charge in [-0.1, -0.05) is 12.1 Å². The molecular weight excluding hydrogens is 319 g/mol. The number of benzene rings is 1. The lowest BCUT2D eigenvalue weighted by Gasteiger charge is -2.38. The van der Waals surface area contributed by atoms with Gasteiger partial charge in [-0.25, -0.2) is 4.39 Å². The van der Waals surface area contributed by atoms with Crippen LogP contribution in [-0.2, 0) is 9.53 Å². The first-order valence-corrected chi connectivity index (χ1v) is 9.51. The summed E-state index contributed by atoms with van der Waals surface area (Å²) in [5.41, 5.74) is 0.936. The van der Waals surface area contributed by atoms with Crippen molar-refractivity contribution in [1.29, 1.82) is 0 Å². The molecule has 4 rings (SSSR count). The Hall–Kier alpha value is -1.46. The van der Waals surface area contributed by atoms with Crippen LogP contribution in [0.2, 0.25) is 0 Å².